The molecular weight excluding hydrogens is 160 g/mol. The minimum absolute atomic E-state index is 0.944. The van der Waals surface area contributed by atoms with Crippen LogP contribution in [0.5, 0.6) is 0 Å². The minimum Gasteiger partial charge on any atom is -0.322 e. The Labute approximate surface area is 69.7 Å². The third-order valence-corrected chi connectivity index (χ3v) is 0.249. The maximum Gasteiger partial charge on any atom is 0.156 e. The molecule has 66 valence electrons. The van der Waals surface area contributed by atoms with Gasteiger partial charge >= 0.3 is 0 Å². The van der Waals surface area contributed by atoms with Crippen LogP contribution >= 0.6 is 0 Å². The first-order valence-corrected chi connectivity index (χ1v) is 2.33. The average molecular weight is 170 g/mol. The standard InChI is InChI=1S/C2H2.2CH4N4/c1-2;2*2-4-1-5-3/h1-2H;2*1-2H,3H2. The molecule has 0 saturated heterocycles. The second kappa shape index (κ2) is 37.7. The van der Waals surface area contributed by atoms with Gasteiger partial charge in [0.2, 0.25) is 0 Å². The number of hydrogen-bond acceptors (Lipinski definition) is 6. The van der Waals surface area contributed by atoms with Gasteiger partial charge < -0.3 is 11.7 Å². The van der Waals surface area contributed by atoms with E-state index in [9.17, 15) is 0 Å². The first-order chi connectivity index (χ1) is 5.83. The van der Waals surface area contributed by atoms with Crippen molar-refractivity contribution >= 4 is 12.7 Å². The summed E-state index contributed by atoms with van der Waals surface area (Å²) in [5.41, 5.74) is 12.0. The van der Waals surface area contributed by atoms with E-state index in [1.807, 2.05) is 0 Å². The zero-order valence-electron chi connectivity index (χ0n) is 6.25. The summed E-state index contributed by atoms with van der Waals surface area (Å²) in [7, 11) is 0. The van der Waals surface area contributed by atoms with Gasteiger partial charge in [-0.3, -0.25) is 0 Å². The van der Waals surface area contributed by atoms with E-state index in [4.69, 9.17) is 11.1 Å². The van der Waals surface area contributed by atoms with Crippen LogP contribution in [0.25, 0.3) is 0 Å². The summed E-state index contributed by atoms with van der Waals surface area (Å²) in [4.78, 5) is 0. The molecule has 0 aromatic carbocycles. The highest BCUT2D eigenvalue weighted by Gasteiger charge is 1.44. The van der Waals surface area contributed by atoms with E-state index in [0.717, 1.165) is 12.7 Å². The maximum absolute atomic E-state index is 6.00. The Balaban J connectivity index is -0.000000112. The smallest absolute Gasteiger partial charge is 0.156 e. The summed E-state index contributed by atoms with van der Waals surface area (Å²) >= 11 is 0. The minimum atomic E-state index is 0.944. The van der Waals surface area contributed by atoms with Gasteiger partial charge in [-0.2, -0.15) is 10.2 Å². The molecule has 12 heavy (non-hydrogen) atoms. The van der Waals surface area contributed by atoms with Crippen molar-refractivity contribution in [2.24, 2.45) is 32.1 Å². The van der Waals surface area contributed by atoms with Crippen LogP contribution in [-0.2, 0) is 0 Å². The van der Waals surface area contributed by atoms with Gasteiger partial charge in [0.1, 0.15) is 0 Å². The van der Waals surface area contributed by atoms with E-state index in [1.165, 1.54) is 0 Å². The van der Waals surface area contributed by atoms with E-state index < -0.39 is 0 Å². The average Bonchev–Trinajstić information content (AvgIpc) is 2.12. The van der Waals surface area contributed by atoms with Crippen LogP contribution in [-0.4, -0.2) is 12.7 Å². The Morgan fingerprint density at radius 2 is 1.17 bits per heavy atom. The van der Waals surface area contributed by atoms with Crippen molar-refractivity contribution in [1.29, 1.82) is 11.1 Å². The van der Waals surface area contributed by atoms with Crippen molar-refractivity contribution in [1.82, 2.24) is 0 Å². The molecule has 0 rings (SSSR count). The number of rotatable bonds is 2. The van der Waals surface area contributed by atoms with E-state index >= 15 is 0 Å². The molecule has 0 aromatic heterocycles. The highest BCUT2D eigenvalue weighted by Crippen LogP contribution is 1.45. The van der Waals surface area contributed by atoms with Crippen LogP contribution < -0.4 is 11.7 Å². The fraction of sp³-hybridized carbons (Fsp3) is 0. The van der Waals surface area contributed by atoms with E-state index in [-0.39, 0.29) is 0 Å². The molecule has 0 fully saturated rings. The fourth-order valence-corrected chi connectivity index (χ4v) is 0.0667. The quantitative estimate of drug-likeness (QED) is 0.116. The fourth-order valence-electron chi connectivity index (χ4n) is 0.0667. The molecule has 6 N–H and O–H groups in total. The lowest BCUT2D eigenvalue weighted by Gasteiger charge is -1.58. The monoisotopic (exact) mass is 170 g/mol. The summed E-state index contributed by atoms with van der Waals surface area (Å²) in [6.45, 7) is 0. The summed E-state index contributed by atoms with van der Waals surface area (Å²) in [6, 6.07) is 0. The van der Waals surface area contributed by atoms with Crippen molar-refractivity contribution in [2.45, 2.75) is 0 Å². The van der Waals surface area contributed by atoms with Crippen LogP contribution in [0.15, 0.2) is 20.4 Å². The Bertz CT molecular complexity index is 140. The first kappa shape index (κ1) is 16.4. The van der Waals surface area contributed by atoms with Crippen LogP contribution in [0.4, 0.5) is 0 Å². The molecule has 8 nitrogen and oxygen atoms in total. The molecule has 0 amide bonds. The number of nitrogens with one attached hydrogen (secondary N) is 2. The number of terminal acetylenes is 1. The lowest BCUT2D eigenvalue weighted by molar-refractivity contribution is 1.17. The van der Waals surface area contributed by atoms with Gasteiger partial charge in [-0.05, 0) is 0 Å². The van der Waals surface area contributed by atoms with E-state index in [1.54, 1.807) is 0 Å². The molecule has 0 bridgehead atoms. The highest BCUT2D eigenvalue weighted by molar-refractivity contribution is 5.53. The molecule has 0 aliphatic heterocycles. The second-order valence-corrected chi connectivity index (χ2v) is 0.787. The van der Waals surface area contributed by atoms with Crippen LogP contribution in [0.2, 0.25) is 0 Å². The summed E-state index contributed by atoms with van der Waals surface area (Å²) in [6.07, 6.45) is 9.89. The number of hydrogen-bond donors (Lipinski definition) is 4. The van der Waals surface area contributed by atoms with Crippen molar-refractivity contribution in [2.75, 3.05) is 0 Å². The molecule has 0 aliphatic rings. The highest BCUT2D eigenvalue weighted by atomic mass is 15.2. The maximum atomic E-state index is 6.00. The summed E-state index contributed by atoms with van der Waals surface area (Å²) in [5.74, 6) is 8.99. The molecule has 0 aromatic rings. The van der Waals surface area contributed by atoms with Gasteiger partial charge in [0.05, 0.1) is 0 Å². The molecule has 0 saturated carbocycles. The molecule has 0 heterocycles. The number of nitrogens with two attached hydrogens (primary N) is 2. The zero-order chi connectivity index (χ0) is 10.2. The van der Waals surface area contributed by atoms with Gasteiger partial charge in [-0.1, -0.05) is 0 Å². The third kappa shape index (κ3) is 120. The molecule has 0 atom stereocenters. The summed E-state index contributed by atoms with van der Waals surface area (Å²) in [5, 5.41) is 11.1. The normalized spacial score (nSPS) is 7.50. The van der Waals surface area contributed by atoms with Gasteiger partial charge in [0, 0.05) is 0 Å². The number of hydrazone groups is 2. The van der Waals surface area contributed by atoms with Crippen LogP contribution in [0, 0.1) is 23.9 Å². The SMILES string of the molecule is C#C.N=NC=NN.N=NC=NN. The van der Waals surface area contributed by atoms with E-state index in [0.29, 0.717) is 0 Å². The van der Waals surface area contributed by atoms with Crippen LogP contribution in [0.3, 0.4) is 0 Å². The molecule has 0 radical (unpaired) electrons. The zero-order valence-corrected chi connectivity index (χ0v) is 6.25. The van der Waals surface area contributed by atoms with Crippen LogP contribution in [0.1, 0.15) is 0 Å². The Morgan fingerprint density at radius 1 is 0.917 bits per heavy atom. The van der Waals surface area contributed by atoms with Gasteiger partial charge in [0.25, 0.3) is 0 Å². The van der Waals surface area contributed by atoms with Crippen molar-refractivity contribution in [3.8, 4) is 12.8 Å². The van der Waals surface area contributed by atoms with Gasteiger partial charge in [0.15, 0.2) is 12.7 Å². The molecular formula is C4H10N8. The predicted molar refractivity (Wildman–Crippen MR) is 45.5 cm³/mol. The van der Waals surface area contributed by atoms with Gasteiger partial charge in [-0.15, -0.1) is 23.1 Å². The number of nitrogens with zero attached hydrogens (tertiary/aromatic N) is 4. The van der Waals surface area contributed by atoms with Crippen molar-refractivity contribution < 1.29 is 0 Å². The largest absolute Gasteiger partial charge is 0.322 e. The predicted octanol–water partition coefficient (Wildman–Crippen LogP) is 0.0881. The lowest BCUT2D eigenvalue weighted by Crippen LogP contribution is -1.75. The topological polar surface area (TPSA) is 149 Å². The molecule has 0 unspecified atom stereocenters. The molecule has 8 heteroatoms. The molecule has 0 spiro atoms. The van der Waals surface area contributed by atoms with Gasteiger partial charge in [-0.25, -0.2) is 11.1 Å². The third-order valence-electron chi connectivity index (χ3n) is 0.249. The molecule has 0 aliphatic carbocycles. The Hall–Kier alpha value is -2.30. The van der Waals surface area contributed by atoms with E-state index in [2.05, 4.69) is 45.0 Å². The second-order valence-electron chi connectivity index (χ2n) is 0.787. The van der Waals surface area contributed by atoms with Crippen molar-refractivity contribution in [3.63, 3.8) is 0 Å². The van der Waals surface area contributed by atoms with Crippen molar-refractivity contribution in [3.05, 3.63) is 0 Å². The first-order valence-electron chi connectivity index (χ1n) is 2.33. The summed E-state index contributed by atoms with van der Waals surface area (Å²) < 4.78 is 0. The Kier molecular flexibility index (Phi) is 51.4. The lowest BCUT2D eigenvalue weighted by atomic mass is 11.4. The Morgan fingerprint density at radius 3 is 1.17 bits per heavy atom.